The number of rotatable bonds is 10. The Labute approximate surface area is 205 Å². The molecule has 0 saturated carbocycles. The van der Waals surface area contributed by atoms with Gasteiger partial charge < -0.3 is 14.4 Å². The number of carbonyl (C=O) groups is 2. The third kappa shape index (κ3) is 8.92. The van der Waals surface area contributed by atoms with E-state index < -0.39 is 11.7 Å². The van der Waals surface area contributed by atoms with Crippen LogP contribution in [0.3, 0.4) is 0 Å². The highest BCUT2D eigenvalue weighted by molar-refractivity contribution is 9.10. The van der Waals surface area contributed by atoms with E-state index in [1.54, 1.807) is 18.1 Å². The molecule has 2 amide bonds. The topological polar surface area (TPSA) is 59.1 Å². The predicted molar refractivity (Wildman–Crippen MR) is 134 cm³/mol. The number of amides is 2. The predicted octanol–water partition coefficient (Wildman–Crippen LogP) is 5.80. The highest BCUT2D eigenvalue weighted by Gasteiger charge is 2.26. The number of carbonyl (C=O) groups excluding carboxylic acids is 2. The summed E-state index contributed by atoms with van der Waals surface area (Å²) < 4.78 is 11.7. The normalized spacial score (nSPS) is 10.9. The first kappa shape index (κ1) is 26.5. The highest BCUT2D eigenvalue weighted by atomic mass is 79.9. The molecule has 7 heteroatoms. The van der Waals surface area contributed by atoms with Crippen molar-refractivity contribution in [3.8, 4) is 5.75 Å². The Balaban J connectivity index is 2.22. The molecule has 6 nitrogen and oxygen atoms in total. The van der Waals surface area contributed by atoms with Gasteiger partial charge in [0.1, 0.15) is 17.9 Å². The molecule has 178 valence electrons. The summed E-state index contributed by atoms with van der Waals surface area (Å²) in [6.07, 6.45) is 1.90. The lowest BCUT2D eigenvalue weighted by Gasteiger charge is -2.30. The van der Waals surface area contributed by atoms with E-state index in [4.69, 9.17) is 9.47 Å². The Morgan fingerprint density at radius 3 is 2.27 bits per heavy atom. The van der Waals surface area contributed by atoms with Gasteiger partial charge in [-0.3, -0.25) is 9.69 Å². The Hall–Kier alpha value is -2.80. The largest absolute Gasteiger partial charge is 0.497 e. The Morgan fingerprint density at radius 1 is 1.03 bits per heavy atom. The van der Waals surface area contributed by atoms with E-state index in [0.717, 1.165) is 21.3 Å². The summed E-state index contributed by atoms with van der Waals surface area (Å²) in [7, 11) is 1.62. The smallest absolute Gasteiger partial charge is 0.411 e. The maximum absolute atomic E-state index is 13.3. The van der Waals surface area contributed by atoms with E-state index in [1.807, 2.05) is 69.3 Å². The van der Waals surface area contributed by atoms with Crippen molar-refractivity contribution < 1.29 is 19.1 Å². The minimum Gasteiger partial charge on any atom is -0.497 e. The molecule has 0 aliphatic heterocycles. The van der Waals surface area contributed by atoms with E-state index in [1.165, 1.54) is 4.90 Å². The molecule has 0 fully saturated rings. The van der Waals surface area contributed by atoms with Crippen LogP contribution >= 0.6 is 15.9 Å². The van der Waals surface area contributed by atoms with E-state index in [9.17, 15) is 9.59 Å². The fraction of sp³-hybridized carbons (Fsp3) is 0.385. The van der Waals surface area contributed by atoms with E-state index in [-0.39, 0.29) is 19.0 Å². The van der Waals surface area contributed by atoms with Gasteiger partial charge in [-0.1, -0.05) is 52.3 Å². The molecule has 33 heavy (non-hydrogen) atoms. The van der Waals surface area contributed by atoms with Crippen molar-refractivity contribution in [3.63, 3.8) is 0 Å². The third-order valence-corrected chi connectivity index (χ3v) is 5.56. The monoisotopic (exact) mass is 516 g/mol. The van der Waals surface area contributed by atoms with Crippen LogP contribution in [0.2, 0.25) is 0 Å². The number of halogens is 1. The van der Waals surface area contributed by atoms with Gasteiger partial charge in [0.2, 0.25) is 5.91 Å². The van der Waals surface area contributed by atoms with Crippen LogP contribution in [0.5, 0.6) is 5.75 Å². The van der Waals surface area contributed by atoms with Crippen molar-refractivity contribution in [1.82, 2.24) is 9.80 Å². The Kier molecular flexibility index (Phi) is 9.97. The number of benzene rings is 2. The Morgan fingerprint density at radius 2 is 1.70 bits per heavy atom. The number of hydrogen-bond donors (Lipinski definition) is 0. The summed E-state index contributed by atoms with van der Waals surface area (Å²) in [5.74, 6) is 0.595. The first-order chi connectivity index (χ1) is 15.6. The molecule has 0 aromatic heterocycles. The second-order valence-electron chi connectivity index (χ2n) is 8.67. The lowest BCUT2D eigenvalue weighted by Crippen LogP contribution is -2.44. The first-order valence-corrected chi connectivity index (χ1v) is 11.6. The third-order valence-electron chi connectivity index (χ3n) is 4.79. The van der Waals surface area contributed by atoms with E-state index >= 15 is 0 Å². The molecular weight excluding hydrogens is 484 g/mol. The minimum atomic E-state index is -0.669. The van der Waals surface area contributed by atoms with Gasteiger partial charge in [-0.15, -0.1) is 6.58 Å². The molecule has 2 aromatic carbocycles. The average molecular weight is 517 g/mol. The lowest BCUT2D eigenvalue weighted by atomic mass is 10.2. The number of ether oxygens (including phenoxy) is 2. The molecule has 0 radical (unpaired) electrons. The lowest BCUT2D eigenvalue weighted by molar-refractivity contribution is -0.133. The van der Waals surface area contributed by atoms with Crippen LogP contribution in [0.1, 0.15) is 38.3 Å². The van der Waals surface area contributed by atoms with Crippen LogP contribution in [-0.4, -0.2) is 47.6 Å². The van der Waals surface area contributed by atoms with E-state index in [2.05, 4.69) is 22.5 Å². The van der Waals surface area contributed by atoms with Crippen LogP contribution < -0.4 is 4.74 Å². The molecule has 2 rings (SSSR count). The summed E-state index contributed by atoms with van der Waals surface area (Å²) in [6.45, 7) is 10.3. The highest BCUT2D eigenvalue weighted by Crippen LogP contribution is 2.20. The number of nitrogens with zero attached hydrogens (tertiary/aromatic N) is 2. The molecule has 0 aliphatic rings. The number of hydrogen-bond acceptors (Lipinski definition) is 4. The van der Waals surface area contributed by atoms with Gasteiger partial charge in [-0.25, -0.2) is 4.79 Å². The summed E-state index contributed by atoms with van der Waals surface area (Å²) in [5, 5.41) is 0. The van der Waals surface area contributed by atoms with Crippen LogP contribution in [0.15, 0.2) is 65.7 Å². The van der Waals surface area contributed by atoms with Crippen molar-refractivity contribution in [1.29, 1.82) is 0 Å². The first-order valence-electron chi connectivity index (χ1n) is 10.9. The second-order valence-corrected chi connectivity index (χ2v) is 9.52. The van der Waals surface area contributed by atoms with Gasteiger partial charge in [-0.05, 0) is 56.5 Å². The summed E-state index contributed by atoms with van der Waals surface area (Å²) >= 11 is 3.53. The maximum Gasteiger partial charge on any atom is 0.411 e. The summed E-state index contributed by atoms with van der Waals surface area (Å²) in [4.78, 5) is 29.5. The quantitative estimate of drug-likeness (QED) is 0.374. The second kappa shape index (κ2) is 12.4. The van der Waals surface area contributed by atoms with Gasteiger partial charge in [0, 0.05) is 17.6 Å². The van der Waals surface area contributed by atoms with Gasteiger partial charge >= 0.3 is 6.09 Å². The molecule has 0 aliphatic carbocycles. The van der Waals surface area contributed by atoms with Crippen molar-refractivity contribution >= 4 is 27.9 Å². The zero-order valence-corrected chi connectivity index (χ0v) is 21.4. The van der Waals surface area contributed by atoms with Gasteiger partial charge in [-0.2, -0.15) is 0 Å². The molecule has 0 N–H and O–H groups in total. The molecule has 0 atom stereocenters. The van der Waals surface area contributed by atoms with Crippen molar-refractivity contribution in [3.05, 3.63) is 76.8 Å². The van der Waals surface area contributed by atoms with Crippen molar-refractivity contribution in [2.45, 2.75) is 45.9 Å². The molecular formula is C26H33BrN2O4. The summed E-state index contributed by atoms with van der Waals surface area (Å²) in [5.41, 5.74) is 1.20. The standard InChI is InChI=1S/C26H33BrN2O4/c1-6-7-16-28(17-20-12-14-22(32-5)15-13-20)24(30)19-29(25(31)33-26(2,3)4)18-21-10-8-9-11-23(21)27/h6,8-15H,1,7,16-19H2,2-5H3. The molecule has 2 aromatic rings. The summed E-state index contributed by atoms with van der Waals surface area (Å²) in [6, 6.07) is 15.2. The molecule has 0 heterocycles. The molecule has 0 saturated heterocycles. The maximum atomic E-state index is 13.3. The van der Waals surface area contributed by atoms with Crippen molar-refractivity contribution in [2.24, 2.45) is 0 Å². The average Bonchev–Trinajstić information content (AvgIpc) is 2.76. The minimum absolute atomic E-state index is 0.0937. The van der Waals surface area contributed by atoms with Crippen LogP contribution in [0.4, 0.5) is 4.79 Å². The van der Waals surface area contributed by atoms with Crippen molar-refractivity contribution in [2.75, 3.05) is 20.2 Å². The van der Waals surface area contributed by atoms with E-state index in [0.29, 0.717) is 19.5 Å². The zero-order chi connectivity index (χ0) is 24.4. The van der Waals surface area contributed by atoms with Gasteiger partial charge in [0.05, 0.1) is 13.7 Å². The zero-order valence-electron chi connectivity index (χ0n) is 19.8. The fourth-order valence-electron chi connectivity index (χ4n) is 3.10. The SMILES string of the molecule is C=CCCN(Cc1ccc(OC)cc1)C(=O)CN(Cc1ccccc1Br)C(=O)OC(C)(C)C. The number of methoxy groups -OCH3 is 1. The fourth-order valence-corrected chi connectivity index (χ4v) is 3.51. The van der Waals surface area contributed by atoms with Crippen LogP contribution in [-0.2, 0) is 22.6 Å². The van der Waals surface area contributed by atoms with Gasteiger partial charge in [0.15, 0.2) is 0 Å². The van der Waals surface area contributed by atoms with Crippen LogP contribution in [0.25, 0.3) is 0 Å². The van der Waals surface area contributed by atoms with Crippen LogP contribution in [0, 0.1) is 0 Å². The van der Waals surface area contributed by atoms with Gasteiger partial charge in [0.25, 0.3) is 0 Å². The molecule has 0 spiro atoms. The Bertz CT molecular complexity index is 938. The molecule has 0 bridgehead atoms. The molecule has 0 unspecified atom stereocenters.